The molecular formula is C13H9Cl2N3O3S. The molecule has 0 unspecified atom stereocenters. The van der Waals surface area contributed by atoms with Gasteiger partial charge in [-0.25, -0.2) is 0 Å². The Morgan fingerprint density at radius 1 is 1.14 bits per heavy atom. The second-order valence-electron chi connectivity index (χ2n) is 4.18. The van der Waals surface area contributed by atoms with Crippen molar-refractivity contribution >= 4 is 57.6 Å². The molecule has 0 aromatic heterocycles. The average molecular weight is 358 g/mol. The van der Waals surface area contributed by atoms with Gasteiger partial charge in [0, 0.05) is 23.5 Å². The van der Waals surface area contributed by atoms with E-state index in [0.717, 1.165) is 0 Å². The normalized spacial score (nSPS) is 10.1. The number of rotatable bonds is 3. The third kappa shape index (κ3) is 3.97. The molecule has 6 nitrogen and oxygen atoms in total. The first-order valence-electron chi connectivity index (χ1n) is 5.87. The summed E-state index contributed by atoms with van der Waals surface area (Å²) in [6, 6.07) is 8.80. The molecule has 0 radical (unpaired) electrons. The van der Waals surface area contributed by atoms with E-state index in [1.165, 1.54) is 30.3 Å². The van der Waals surface area contributed by atoms with Gasteiger partial charge in [0.15, 0.2) is 10.9 Å². The number of nitrogens with one attached hydrogen (secondary N) is 2. The number of hydrogen-bond acceptors (Lipinski definition) is 4. The van der Waals surface area contributed by atoms with Crippen molar-refractivity contribution in [2.24, 2.45) is 0 Å². The molecule has 0 saturated heterocycles. The number of halogens is 2. The first kappa shape index (κ1) is 16.3. The lowest BCUT2D eigenvalue weighted by molar-refractivity contribution is -0.384. The van der Waals surface area contributed by atoms with E-state index in [-0.39, 0.29) is 26.6 Å². The summed E-state index contributed by atoms with van der Waals surface area (Å²) in [6.07, 6.45) is 0. The molecular weight excluding hydrogens is 349 g/mol. The summed E-state index contributed by atoms with van der Waals surface area (Å²) < 4.78 is 0. The number of nitro groups is 1. The van der Waals surface area contributed by atoms with Crippen LogP contribution in [0.25, 0.3) is 0 Å². The van der Waals surface area contributed by atoms with Crippen LogP contribution < -0.4 is 10.6 Å². The molecule has 9 heteroatoms. The van der Waals surface area contributed by atoms with Crippen molar-refractivity contribution in [3.05, 3.63) is 56.6 Å². The Morgan fingerprint density at radius 2 is 1.73 bits per heavy atom. The number of hydrogen-bond donors (Lipinski definition) is 3. The minimum absolute atomic E-state index is 0.0523. The van der Waals surface area contributed by atoms with E-state index in [2.05, 4.69) is 10.6 Å². The number of non-ortho nitro benzene ring substituents is 1. The fraction of sp³-hybridized carbons (Fsp3) is 0. The van der Waals surface area contributed by atoms with E-state index in [0.29, 0.717) is 11.4 Å². The number of nitro benzene ring substituents is 1. The molecule has 0 aliphatic carbocycles. The lowest BCUT2D eigenvalue weighted by atomic mass is 10.3. The van der Waals surface area contributed by atoms with Gasteiger partial charge in [-0.15, -0.1) is 0 Å². The number of phenols is 1. The average Bonchev–Trinajstić information content (AvgIpc) is 2.44. The van der Waals surface area contributed by atoms with Crippen molar-refractivity contribution in [1.29, 1.82) is 0 Å². The molecule has 2 aromatic carbocycles. The smallest absolute Gasteiger partial charge is 0.271 e. The number of benzene rings is 2. The maximum Gasteiger partial charge on any atom is 0.271 e. The van der Waals surface area contributed by atoms with E-state index in [4.69, 9.17) is 35.4 Å². The van der Waals surface area contributed by atoms with E-state index >= 15 is 0 Å². The van der Waals surface area contributed by atoms with E-state index in [9.17, 15) is 15.2 Å². The molecule has 0 fully saturated rings. The summed E-state index contributed by atoms with van der Waals surface area (Å²) >= 11 is 16.7. The van der Waals surface area contributed by atoms with Crippen LogP contribution in [0.2, 0.25) is 10.0 Å². The zero-order valence-electron chi connectivity index (χ0n) is 10.8. The monoisotopic (exact) mass is 357 g/mol. The third-order valence-electron chi connectivity index (χ3n) is 2.59. The van der Waals surface area contributed by atoms with Gasteiger partial charge < -0.3 is 15.7 Å². The van der Waals surface area contributed by atoms with Crippen molar-refractivity contribution in [2.45, 2.75) is 0 Å². The second kappa shape index (κ2) is 6.78. The van der Waals surface area contributed by atoms with Crippen LogP contribution in [0.1, 0.15) is 0 Å². The highest BCUT2D eigenvalue weighted by Crippen LogP contribution is 2.34. The molecule has 0 spiro atoms. The number of thiocarbonyl (C=S) groups is 1. The Labute approximate surface area is 140 Å². The molecule has 114 valence electrons. The fourth-order valence-electron chi connectivity index (χ4n) is 1.63. The van der Waals surface area contributed by atoms with Gasteiger partial charge in [0.1, 0.15) is 0 Å². The Bertz CT molecular complexity index is 732. The molecule has 0 atom stereocenters. The molecule has 0 aliphatic heterocycles. The molecule has 22 heavy (non-hydrogen) atoms. The SMILES string of the molecule is O=[N+]([O-])c1cccc(NC(=S)Nc2cc(Cl)c(O)c(Cl)c2)c1. The van der Waals surface area contributed by atoms with Gasteiger partial charge >= 0.3 is 0 Å². The largest absolute Gasteiger partial charge is 0.505 e. The van der Waals surface area contributed by atoms with E-state index in [1.807, 2.05) is 0 Å². The Kier molecular flexibility index (Phi) is 5.02. The van der Waals surface area contributed by atoms with Crippen LogP contribution in [0.4, 0.5) is 17.1 Å². The van der Waals surface area contributed by atoms with E-state index in [1.54, 1.807) is 6.07 Å². The highest BCUT2D eigenvalue weighted by Gasteiger charge is 2.09. The van der Waals surface area contributed by atoms with Gasteiger partial charge in [-0.05, 0) is 30.4 Å². The molecule has 0 aliphatic rings. The van der Waals surface area contributed by atoms with Gasteiger partial charge in [-0.3, -0.25) is 10.1 Å². The second-order valence-corrected chi connectivity index (χ2v) is 5.40. The quantitative estimate of drug-likeness (QED) is 0.326. The molecule has 0 heterocycles. The third-order valence-corrected chi connectivity index (χ3v) is 3.37. The van der Waals surface area contributed by atoms with Gasteiger partial charge in [-0.1, -0.05) is 29.3 Å². The van der Waals surface area contributed by atoms with Crippen molar-refractivity contribution in [2.75, 3.05) is 10.6 Å². The van der Waals surface area contributed by atoms with Crippen LogP contribution in [0.15, 0.2) is 36.4 Å². The summed E-state index contributed by atoms with van der Waals surface area (Å²) in [6.45, 7) is 0. The van der Waals surface area contributed by atoms with Crippen LogP contribution in [-0.2, 0) is 0 Å². The molecule has 0 amide bonds. The number of phenolic OH excluding ortho intramolecular Hbond substituents is 1. The predicted molar refractivity (Wildman–Crippen MR) is 91.1 cm³/mol. The first-order chi connectivity index (χ1) is 10.4. The van der Waals surface area contributed by atoms with Crippen molar-refractivity contribution in [3.8, 4) is 5.75 Å². The van der Waals surface area contributed by atoms with Gasteiger partial charge in [0.05, 0.1) is 15.0 Å². The fourth-order valence-corrected chi connectivity index (χ4v) is 2.35. The predicted octanol–water partition coefficient (Wildman–Crippen LogP) is 4.42. The highest BCUT2D eigenvalue weighted by atomic mass is 35.5. The summed E-state index contributed by atoms with van der Waals surface area (Å²) in [4.78, 5) is 10.2. The minimum atomic E-state index is -0.499. The Hall–Kier alpha value is -2.09. The molecule has 3 N–H and O–H groups in total. The van der Waals surface area contributed by atoms with Crippen LogP contribution in [-0.4, -0.2) is 15.1 Å². The number of anilines is 2. The Morgan fingerprint density at radius 3 is 2.32 bits per heavy atom. The minimum Gasteiger partial charge on any atom is -0.505 e. The number of nitrogens with zero attached hydrogens (tertiary/aromatic N) is 1. The Balaban J connectivity index is 2.10. The summed E-state index contributed by atoms with van der Waals surface area (Å²) in [5.41, 5.74) is 0.877. The van der Waals surface area contributed by atoms with Gasteiger partial charge in [0.2, 0.25) is 0 Å². The summed E-state index contributed by atoms with van der Waals surface area (Å²) in [5, 5.41) is 26.2. The molecule has 2 rings (SSSR count). The maximum absolute atomic E-state index is 10.7. The molecule has 2 aromatic rings. The molecule has 0 saturated carbocycles. The van der Waals surface area contributed by atoms with Gasteiger partial charge in [-0.2, -0.15) is 0 Å². The highest BCUT2D eigenvalue weighted by molar-refractivity contribution is 7.80. The van der Waals surface area contributed by atoms with Crippen molar-refractivity contribution in [1.82, 2.24) is 0 Å². The van der Waals surface area contributed by atoms with Crippen LogP contribution in [0.3, 0.4) is 0 Å². The lowest BCUT2D eigenvalue weighted by Crippen LogP contribution is -2.19. The van der Waals surface area contributed by atoms with Crippen LogP contribution >= 0.6 is 35.4 Å². The topological polar surface area (TPSA) is 87.4 Å². The van der Waals surface area contributed by atoms with E-state index < -0.39 is 4.92 Å². The van der Waals surface area contributed by atoms with Crippen molar-refractivity contribution in [3.63, 3.8) is 0 Å². The summed E-state index contributed by atoms with van der Waals surface area (Å²) in [7, 11) is 0. The first-order valence-corrected chi connectivity index (χ1v) is 7.03. The lowest BCUT2D eigenvalue weighted by Gasteiger charge is -2.11. The van der Waals surface area contributed by atoms with Crippen LogP contribution in [0.5, 0.6) is 5.75 Å². The van der Waals surface area contributed by atoms with Gasteiger partial charge in [0.25, 0.3) is 5.69 Å². The number of aromatic hydroxyl groups is 1. The van der Waals surface area contributed by atoms with Crippen LogP contribution in [0, 0.1) is 10.1 Å². The maximum atomic E-state index is 10.7. The zero-order chi connectivity index (χ0) is 16.3. The standard InChI is InChI=1S/C13H9Cl2N3O3S/c14-10-5-8(6-11(15)12(10)19)17-13(22)16-7-2-1-3-9(4-7)18(20)21/h1-6,19H,(H2,16,17,22). The summed E-state index contributed by atoms with van der Waals surface area (Å²) in [5.74, 6) is -0.216. The van der Waals surface area contributed by atoms with Crippen molar-refractivity contribution < 1.29 is 10.0 Å². The molecule has 0 bridgehead atoms. The zero-order valence-corrected chi connectivity index (χ0v) is 13.2.